The van der Waals surface area contributed by atoms with Gasteiger partial charge >= 0.3 is 0 Å². The Morgan fingerprint density at radius 3 is 2.57 bits per heavy atom. The molecule has 21 heavy (non-hydrogen) atoms. The molecule has 0 bridgehead atoms. The summed E-state index contributed by atoms with van der Waals surface area (Å²) in [6.07, 6.45) is 2.40. The molecule has 0 unspecified atom stereocenters. The van der Waals surface area contributed by atoms with E-state index in [0.29, 0.717) is 23.0 Å². The molecule has 1 N–H and O–H groups in total. The van der Waals surface area contributed by atoms with Gasteiger partial charge in [0.25, 0.3) is 0 Å². The second-order valence-electron chi connectivity index (χ2n) is 5.13. The van der Waals surface area contributed by atoms with Crippen molar-refractivity contribution in [3.63, 3.8) is 0 Å². The van der Waals surface area contributed by atoms with Gasteiger partial charge in [0.05, 0.1) is 16.6 Å². The van der Waals surface area contributed by atoms with Crippen LogP contribution in [-0.4, -0.2) is 29.3 Å². The van der Waals surface area contributed by atoms with Crippen LogP contribution in [0.5, 0.6) is 0 Å². The topological polar surface area (TPSA) is 49.4 Å². The molecular formula is C15H18Cl2N2O2. The van der Waals surface area contributed by atoms with Gasteiger partial charge < -0.3 is 10.2 Å². The number of carbonyl (C=O) groups excluding carboxylic acids is 2. The minimum Gasteiger partial charge on any atom is -0.347 e. The predicted molar refractivity (Wildman–Crippen MR) is 83.3 cm³/mol. The Labute approximate surface area is 134 Å². The molecule has 114 valence electrons. The molecular weight excluding hydrogens is 311 g/mol. The third-order valence-electron chi connectivity index (χ3n) is 3.40. The molecule has 1 fully saturated rings. The molecule has 0 spiro atoms. The standard InChI is InChI=1S/C15H18Cl2N2O2/c1-2-14(20)18-8-15(21)19(11-4-5-11)9-10-3-6-12(16)13(17)7-10/h3,6-7,11H,2,4-5,8-9H2,1H3,(H,18,20). The highest BCUT2D eigenvalue weighted by atomic mass is 35.5. The molecule has 1 saturated carbocycles. The van der Waals surface area contributed by atoms with Crippen LogP contribution in [0.25, 0.3) is 0 Å². The second kappa shape index (κ2) is 7.14. The maximum Gasteiger partial charge on any atom is 0.242 e. The fraction of sp³-hybridized carbons (Fsp3) is 0.467. The summed E-state index contributed by atoms with van der Waals surface area (Å²) < 4.78 is 0. The van der Waals surface area contributed by atoms with E-state index in [-0.39, 0.29) is 24.4 Å². The van der Waals surface area contributed by atoms with Crippen molar-refractivity contribution in [2.45, 2.75) is 38.8 Å². The highest BCUT2D eigenvalue weighted by Gasteiger charge is 2.32. The summed E-state index contributed by atoms with van der Waals surface area (Å²) in [5, 5.41) is 3.61. The average molecular weight is 329 g/mol. The van der Waals surface area contributed by atoms with Gasteiger partial charge in [0.2, 0.25) is 11.8 Å². The lowest BCUT2D eigenvalue weighted by atomic mass is 10.2. The van der Waals surface area contributed by atoms with Crippen LogP contribution >= 0.6 is 23.2 Å². The van der Waals surface area contributed by atoms with Crippen LogP contribution in [0.3, 0.4) is 0 Å². The Morgan fingerprint density at radius 2 is 2.00 bits per heavy atom. The van der Waals surface area contributed by atoms with Gasteiger partial charge in [0.15, 0.2) is 0 Å². The van der Waals surface area contributed by atoms with Crippen molar-refractivity contribution in [3.8, 4) is 0 Å². The van der Waals surface area contributed by atoms with Crippen molar-refractivity contribution in [2.24, 2.45) is 0 Å². The number of carbonyl (C=O) groups is 2. The summed E-state index contributed by atoms with van der Waals surface area (Å²) in [7, 11) is 0. The highest BCUT2D eigenvalue weighted by molar-refractivity contribution is 6.42. The smallest absolute Gasteiger partial charge is 0.242 e. The van der Waals surface area contributed by atoms with Crippen LogP contribution in [0.1, 0.15) is 31.7 Å². The molecule has 2 amide bonds. The normalized spacial score (nSPS) is 13.9. The zero-order valence-corrected chi connectivity index (χ0v) is 13.4. The molecule has 6 heteroatoms. The van der Waals surface area contributed by atoms with E-state index >= 15 is 0 Å². The van der Waals surface area contributed by atoms with E-state index in [1.807, 2.05) is 6.07 Å². The van der Waals surface area contributed by atoms with Crippen LogP contribution in [0, 0.1) is 0 Å². The third kappa shape index (κ3) is 4.61. The second-order valence-corrected chi connectivity index (χ2v) is 5.95. The molecule has 4 nitrogen and oxygen atoms in total. The first-order valence-electron chi connectivity index (χ1n) is 7.01. The summed E-state index contributed by atoms with van der Waals surface area (Å²) in [6, 6.07) is 5.64. The highest BCUT2D eigenvalue weighted by Crippen LogP contribution is 2.30. The first kappa shape index (κ1) is 16.1. The first-order chi connectivity index (χ1) is 10.0. The van der Waals surface area contributed by atoms with Gasteiger partial charge in [-0.05, 0) is 30.5 Å². The molecule has 1 aliphatic carbocycles. The van der Waals surface area contributed by atoms with Gasteiger partial charge in [0.1, 0.15) is 0 Å². The molecule has 0 aliphatic heterocycles. The number of nitrogens with one attached hydrogen (secondary N) is 1. The fourth-order valence-corrected chi connectivity index (χ4v) is 2.36. The van der Waals surface area contributed by atoms with Crippen LogP contribution in [-0.2, 0) is 16.1 Å². The van der Waals surface area contributed by atoms with E-state index in [1.54, 1.807) is 24.0 Å². The summed E-state index contributed by atoms with van der Waals surface area (Å²) in [5.74, 6) is -0.181. The first-order valence-corrected chi connectivity index (χ1v) is 7.77. The van der Waals surface area contributed by atoms with Gasteiger partial charge in [-0.25, -0.2) is 0 Å². The fourth-order valence-electron chi connectivity index (χ4n) is 2.04. The average Bonchev–Trinajstić information content (AvgIpc) is 3.30. The van der Waals surface area contributed by atoms with E-state index in [9.17, 15) is 9.59 Å². The Kier molecular flexibility index (Phi) is 5.48. The molecule has 0 heterocycles. The van der Waals surface area contributed by atoms with E-state index < -0.39 is 0 Å². The largest absolute Gasteiger partial charge is 0.347 e. The zero-order chi connectivity index (χ0) is 15.4. The number of nitrogens with zero attached hydrogens (tertiary/aromatic N) is 1. The van der Waals surface area contributed by atoms with Crippen molar-refractivity contribution in [1.29, 1.82) is 0 Å². The third-order valence-corrected chi connectivity index (χ3v) is 4.14. The maximum atomic E-state index is 12.3. The number of benzene rings is 1. The molecule has 0 atom stereocenters. The molecule has 0 aromatic heterocycles. The summed E-state index contributed by atoms with van der Waals surface area (Å²) in [5.41, 5.74) is 0.937. The van der Waals surface area contributed by atoms with Crippen LogP contribution in [0.15, 0.2) is 18.2 Å². The monoisotopic (exact) mass is 328 g/mol. The van der Waals surface area contributed by atoms with E-state index in [4.69, 9.17) is 23.2 Å². The minimum absolute atomic E-state index is 0.0461. The lowest BCUT2D eigenvalue weighted by molar-refractivity contribution is -0.133. The van der Waals surface area contributed by atoms with E-state index in [2.05, 4.69) is 5.32 Å². The van der Waals surface area contributed by atoms with Crippen molar-refractivity contribution in [3.05, 3.63) is 33.8 Å². The van der Waals surface area contributed by atoms with Gasteiger partial charge in [-0.2, -0.15) is 0 Å². The number of halogens is 2. The molecule has 1 aromatic rings. The molecule has 1 aliphatic rings. The minimum atomic E-state index is -0.117. The number of rotatable bonds is 6. The molecule has 0 radical (unpaired) electrons. The predicted octanol–water partition coefficient (Wildman–Crippen LogP) is 3.01. The van der Waals surface area contributed by atoms with Crippen LogP contribution in [0.4, 0.5) is 0 Å². The molecule has 1 aromatic carbocycles. The molecule has 0 saturated heterocycles. The Balaban J connectivity index is 2.00. The van der Waals surface area contributed by atoms with Crippen LogP contribution < -0.4 is 5.32 Å². The molecule has 2 rings (SSSR count). The van der Waals surface area contributed by atoms with Crippen LogP contribution in [0.2, 0.25) is 10.0 Å². The van der Waals surface area contributed by atoms with Crippen molar-refractivity contribution in [2.75, 3.05) is 6.54 Å². The number of hydrogen-bond acceptors (Lipinski definition) is 2. The van der Waals surface area contributed by atoms with Crippen molar-refractivity contribution < 1.29 is 9.59 Å². The number of hydrogen-bond donors (Lipinski definition) is 1. The van der Waals surface area contributed by atoms with Gasteiger partial charge in [-0.3, -0.25) is 9.59 Å². The SMILES string of the molecule is CCC(=O)NCC(=O)N(Cc1ccc(Cl)c(Cl)c1)C1CC1. The van der Waals surface area contributed by atoms with E-state index in [0.717, 1.165) is 18.4 Å². The summed E-state index contributed by atoms with van der Waals surface area (Å²) in [4.78, 5) is 25.3. The quantitative estimate of drug-likeness (QED) is 0.872. The summed E-state index contributed by atoms with van der Waals surface area (Å²) >= 11 is 11.9. The zero-order valence-electron chi connectivity index (χ0n) is 11.9. The summed E-state index contributed by atoms with van der Waals surface area (Å²) in [6.45, 7) is 2.29. The van der Waals surface area contributed by atoms with Crippen molar-refractivity contribution >= 4 is 35.0 Å². The lowest BCUT2D eigenvalue weighted by Crippen LogP contribution is -2.40. The Bertz CT molecular complexity index is 544. The Hall–Kier alpha value is -1.26. The van der Waals surface area contributed by atoms with Crippen molar-refractivity contribution in [1.82, 2.24) is 10.2 Å². The lowest BCUT2D eigenvalue weighted by Gasteiger charge is -2.23. The van der Waals surface area contributed by atoms with E-state index in [1.165, 1.54) is 0 Å². The van der Waals surface area contributed by atoms with Gasteiger partial charge in [-0.15, -0.1) is 0 Å². The van der Waals surface area contributed by atoms with Gasteiger partial charge in [-0.1, -0.05) is 36.2 Å². The Morgan fingerprint density at radius 1 is 1.29 bits per heavy atom. The maximum absolute atomic E-state index is 12.3. The van der Waals surface area contributed by atoms with Gasteiger partial charge in [0, 0.05) is 19.0 Å². The number of amides is 2.